The number of esters is 1. The van der Waals surface area contributed by atoms with Crippen LogP contribution in [0.15, 0.2) is 5.51 Å². The molecule has 1 aliphatic rings. The zero-order chi connectivity index (χ0) is 10.9. The van der Waals surface area contributed by atoms with E-state index in [2.05, 4.69) is 17.2 Å². The highest BCUT2D eigenvalue weighted by Crippen LogP contribution is 2.40. The number of thiazole rings is 1. The van der Waals surface area contributed by atoms with Crippen molar-refractivity contribution in [2.24, 2.45) is 0 Å². The summed E-state index contributed by atoms with van der Waals surface area (Å²) < 4.78 is 4.93. The maximum Gasteiger partial charge on any atom is 0.360 e. The Morgan fingerprint density at radius 3 is 3.07 bits per heavy atom. The van der Waals surface area contributed by atoms with Crippen LogP contribution < -0.4 is 5.32 Å². The normalized spacial score (nSPS) is 17.2. The van der Waals surface area contributed by atoms with Crippen molar-refractivity contribution in [3.63, 3.8) is 0 Å². The fraction of sp³-hybridized carbons (Fsp3) is 0.600. The summed E-state index contributed by atoms with van der Waals surface area (Å²) in [5.41, 5.74) is 2.24. The van der Waals surface area contributed by atoms with Gasteiger partial charge < -0.3 is 10.1 Å². The van der Waals surface area contributed by atoms with Gasteiger partial charge in [-0.1, -0.05) is 0 Å². The molecule has 0 spiro atoms. The molecule has 1 aliphatic carbocycles. The summed E-state index contributed by atoms with van der Waals surface area (Å²) in [4.78, 5) is 15.5. The van der Waals surface area contributed by atoms with Gasteiger partial charge in [0.1, 0.15) is 5.00 Å². The van der Waals surface area contributed by atoms with Crippen molar-refractivity contribution >= 4 is 22.3 Å². The summed E-state index contributed by atoms with van der Waals surface area (Å²) in [7, 11) is 0. The smallest absolute Gasteiger partial charge is 0.360 e. The number of hydrogen-bond donors (Lipinski definition) is 1. The van der Waals surface area contributed by atoms with E-state index < -0.39 is 0 Å². The van der Waals surface area contributed by atoms with Crippen molar-refractivity contribution in [2.45, 2.75) is 32.2 Å². The highest BCUT2D eigenvalue weighted by atomic mass is 32.1. The van der Waals surface area contributed by atoms with E-state index in [1.807, 2.05) is 0 Å². The first-order valence-corrected chi connectivity index (χ1v) is 5.91. The summed E-state index contributed by atoms with van der Waals surface area (Å²) >= 11 is 1.45. The number of nitrogens with one attached hydrogen (secondary N) is 1. The van der Waals surface area contributed by atoms with Gasteiger partial charge in [0.25, 0.3) is 0 Å². The maximum atomic E-state index is 11.5. The second-order valence-electron chi connectivity index (χ2n) is 3.94. The minimum Gasteiger partial charge on any atom is -0.461 e. The lowest BCUT2D eigenvalue weighted by Crippen LogP contribution is -2.17. The first kappa shape index (κ1) is 10.4. The monoisotopic (exact) mass is 226 g/mol. The van der Waals surface area contributed by atoms with Crippen LogP contribution in [0.2, 0.25) is 0 Å². The number of carbonyl (C=O) groups is 1. The third-order valence-corrected chi connectivity index (χ3v) is 3.19. The van der Waals surface area contributed by atoms with Crippen LogP contribution in [0.3, 0.4) is 0 Å². The van der Waals surface area contributed by atoms with E-state index in [0.29, 0.717) is 12.3 Å². The molecule has 82 valence electrons. The predicted octanol–water partition coefficient (Wildman–Crippen LogP) is 2.28. The minimum atomic E-state index is -0.342. The Balaban J connectivity index is 2.11. The van der Waals surface area contributed by atoms with Crippen LogP contribution in [0.5, 0.6) is 0 Å². The molecule has 0 aromatic carbocycles. The lowest BCUT2D eigenvalue weighted by molar-refractivity contribution is 0.0521. The molecule has 0 atom stereocenters. The van der Waals surface area contributed by atoms with Crippen LogP contribution in [0.1, 0.15) is 37.2 Å². The van der Waals surface area contributed by atoms with Crippen molar-refractivity contribution < 1.29 is 9.53 Å². The predicted molar refractivity (Wildman–Crippen MR) is 59.3 cm³/mol. The lowest BCUT2D eigenvalue weighted by atomic mass is 10.3. The fourth-order valence-electron chi connectivity index (χ4n) is 1.27. The van der Waals surface area contributed by atoms with Crippen molar-refractivity contribution in [1.29, 1.82) is 0 Å². The van der Waals surface area contributed by atoms with Crippen molar-refractivity contribution in [3.05, 3.63) is 11.2 Å². The highest BCUT2D eigenvalue weighted by molar-refractivity contribution is 7.14. The van der Waals surface area contributed by atoms with Gasteiger partial charge in [-0.25, -0.2) is 9.78 Å². The largest absolute Gasteiger partial charge is 0.461 e. The molecule has 0 amide bonds. The van der Waals surface area contributed by atoms with Crippen LogP contribution >= 0.6 is 11.3 Å². The van der Waals surface area contributed by atoms with Gasteiger partial charge in [-0.3, -0.25) is 0 Å². The molecule has 1 aromatic heterocycles. The molecule has 0 radical (unpaired) electrons. The average molecular weight is 226 g/mol. The number of carbonyl (C=O) groups excluding carboxylic acids is 1. The van der Waals surface area contributed by atoms with E-state index in [4.69, 9.17) is 4.74 Å². The number of ether oxygens (including phenoxy) is 1. The quantitative estimate of drug-likeness (QED) is 0.800. The molecular weight excluding hydrogens is 212 g/mol. The molecule has 0 aliphatic heterocycles. The van der Waals surface area contributed by atoms with Crippen LogP contribution in [0, 0.1) is 0 Å². The third kappa shape index (κ3) is 2.28. The molecule has 15 heavy (non-hydrogen) atoms. The first-order valence-electron chi connectivity index (χ1n) is 5.03. The zero-order valence-corrected chi connectivity index (χ0v) is 9.69. The Labute approximate surface area is 92.7 Å². The van der Waals surface area contributed by atoms with E-state index >= 15 is 0 Å². The molecule has 5 heteroatoms. The van der Waals surface area contributed by atoms with E-state index in [1.54, 1.807) is 12.4 Å². The third-order valence-electron chi connectivity index (χ3n) is 2.45. The molecular formula is C10H14N2O2S. The van der Waals surface area contributed by atoms with E-state index in [-0.39, 0.29) is 11.5 Å². The van der Waals surface area contributed by atoms with E-state index in [9.17, 15) is 4.79 Å². The summed E-state index contributed by atoms with van der Waals surface area (Å²) in [6.45, 7) is 4.31. The standard InChI is InChI=1S/C10H14N2O2S/c1-3-14-9(13)7-8(15-6-11-7)12-10(2)4-5-10/h6,12H,3-5H2,1-2H3. The summed E-state index contributed by atoms with van der Waals surface area (Å²) in [6, 6.07) is 0. The van der Waals surface area contributed by atoms with E-state index in [0.717, 1.165) is 17.8 Å². The van der Waals surface area contributed by atoms with Crippen LogP contribution in [-0.4, -0.2) is 23.1 Å². The lowest BCUT2D eigenvalue weighted by Gasteiger charge is -2.11. The van der Waals surface area contributed by atoms with Gasteiger partial charge in [-0.05, 0) is 26.7 Å². The Bertz CT molecular complexity index is 371. The summed E-state index contributed by atoms with van der Waals surface area (Å²) in [6.07, 6.45) is 2.29. The van der Waals surface area contributed by atoms with Crippen molar-refractivity contribution in [2.75, 3.05) is 11.9 Å². The second-order valence-corrected chi connectivity index (χ2v) is 4.79. The SMILES string of the molecule is CCOC(=O)c1ncsc1NC1(C)CC1. The number of nitrogens with zero attached hydrogens (tertiary/aromatic N) is 1. The number of hydrogen-bond acceptors (Lipinski definition) is 5. The van der Waals surface area contributed by atoms with Gasteiger partial charge >= 0.3 is 5.97 Å². The maximum absolute atomic E-state index is 11.5. The fourth-order valence-corrected chi connectivity index (χ4v) is 2.08. The molecule has 4 nitrogen and oxygen atoms in total. The topological polar surface area (TPSA) is 51.2 Å². The average Bonchev–Trinajstić information content (AvgIpc) is 2.75. The van der Waals surface area contributed by atoms with Gasteiger partial charge in [-0.2, -0.15) is 0 Å². The Kier molecular flexibility index (Phi) is 2.65. The molecule has 0 saturated heterocycles. The number of anilines is 1. The van der Waals surface area contributed by atoms with Gasteiger partial charge in [0.05, 0.1) is 12.1 Å². The Hall–Kier alpha value is -1.10. The molecule has 1 fully saturated rings. The van der Waals surface area contributed by atoms with Crippen molar-refractivity contribution in [1.82, 2.24) is 4.98 Å². The molecule has 1 N–H and O–H groups in total. The molecule has 1 aromatic rings. The first-order chi connectivity index (χ1) is 7.14. The Morgan fingerprint density at radius 2 is 2.47 bits per heavy atom. The van der Waals surface area contributed by atoms with Crippen LogP contribution in [-0.2, 0) is 4.74 Å². The molecule has 0 bridgehead atoms. The van der Waals surface area contributed by atoms with Crippen LogP contribution in [0.25, 0.3) is 0 Å². The molecule has 2 rings (SSSR count). The minimum absolute atomic E-state index is 0.160. The number of aromatic nitrogens is 1. The summed E-state index contributed by atoms with van der Waals surface area (Å²) in [5.74, 6) is -0.342. The zero-order valence-electron chi connectivity index (χ0n) is 8.87. The number of rotatable bonds is 4. The highest BCUT2D eigenvalue weighted by Gasteiger charge is 2.38. The van der Waals surface area contributed by atoms with Gasteiger partial charge in [0.15, 0.2) is 5.69 Å². The van der Waals surface area contributed by atoms with Gasteiger partial charge in [0, 0.05) is 5.54 Å². The van der Waals surface area contributed by atoms with E-state index in [1.165, 1.54) is 11.3 Å². The molecule has 1 heterocycles. The van der Waals surface area contributed by atoms with Gasteiger partial charge in [-0.15, -0.1) is 11.3 Å². The molecule has 0 unspecified atom stereocenters. The van der Waals surface area contributed by atoms with Crippen LogP contribution in [0.4, 0.5) is 5.00 Å². The second kappa shape index (κ2) is 3.81. The molecule has 1 saturated carbocycles. The van der Waals surface area contributed by atoms with Gasteiger partial charge in [0.2, 0.25) is 0 Å². The van der Waals surface area contributed by atoms with Crippen molar-refractivity contribution in [3.8, 4) is 0 Å². The summed E-state index contributed by atoms with van der Waals surface area (Å²) in [5, 5.41) is 4.16. The Morgan fingerprint density at radius 1 is 1.73 bits per heavy atom.